The lowest BCUT2D eigenvalue weighted by atomic mass is 10.0. The molecule has 0 saturated carbocycles. The van der Waals surface area contributed by atoms with Crippen LogP contribution in [0.25, 0.3) is 0 Å². The second-order valence-electron chi connectivity index (χ2n) is 14.9. The van der Waals surface area contributed by atoms with E-state index in [-0.39, 0.29) is 89.0 Å². The maximum Gasteiger partial charge on any atom is 0.303 e. The molecule has 0 aliphatic rings. The molecule has 64 heavy (non-hydrogen) atoms. The van der Waals surface area contributed by atoms with Crippen LogP contribution in [0.1, 0.15) is 117 Å². The fraction of sp³-hybridized carbons (Fsp3) is 0.658. The number of aliphatic carboxylic acids is 2. The normalized spacial score (nSPS) is 13.5. The summed E-state index contributed by atoms with van der Waals surface area (Å²) in [6.07, 6.45) is -2.16. The maximum atomic E-state index is 13.8. The number of primary amides is 2. The van der Waals surface area contributed by atoms with Crippen molar-refractivity contribution in [3.63, 3.8) is 0 Å². The average molecular weight is 912 g/mol. The first-order chi connectivity index (χ1) is 30.0. The minimum absolute atomic E-state index is 0.0264. The first-order valence-electron chi connectivity index (χ1n) is 20.7. The summed E-state index contributed by atoms with van der Waals surface area (Å²) in [4.78, 5) is 142. The van der Waals surface area contributed by atoms with Crippen LogP contribution in [0.4, 0.5) is 0 Å². The highest BCUT2D eigenvalue weighted by atomic mass is 16.4. The zero-order valence-electron chi connectivity index (χ0n) is 36.2. The number of nitrogens with two attached hydrogens (primary N) is 5. The van der Waals surface area contributed by atoms with Gasteiger partial charge >= 0.3 is 11.9 Å². The number of carboxylic acid groups (broad SMARTS) is 2. The number of unbranched alkanes of at least 4 members (excludes halogenated alkanes) is 1. The lowest BCUT2D eigenvalue weighted by Crippen LogP contribution is -2.59. The largest absolute Gasteiger partial charge is 0.481 e. The summed E-state index contributed by atoms with van der Waals surface area (Å²) in [7, 11) is 0. The van der Waals surface area contributed by atoms with Gasteiger partial charge in [0.25, 0.3) is 0 Å². The molecular formula is C38H65N13O13. The second kappa shape index (κ2) is 31.0. The lowest BCUT2D eigenvalue weighted by molar-refractivity contribution is -0.139. The Balaban J connectivity index is 6.43. The van der Waals surface area contributed by atoms with Gasteiger partial charge in [0.1, 0.15) is 42.0 Å². The third-order valence-corrected chi connectivity index (χ3v) is 9.25. The lowest BCUT2D eigenvalue weighted by Gasteiger charge is -2.27. The van der Waals surface area contributed by atoms with E-state index in [2.05, 4.69) is 36.9 Å². The molecule has 8 amide bonds. The van der Waals surface area contributed by atoms with E-state index >= 15 is 0 Å². The number of amidine groups is 1. The van der Waals surface area contributed by atoms with Crippen LogP contribution in [0.2, 0.25) is 0 Å². The van der Waals surface area contributed by atoms with E-state index in [0.29, 0.717) is 6.42 Å². The van der Waals surface area contributed by atoms with Crippen LogP contribution in [0.3, 0.4) is 0 Å². The first kappa shape index (κ1) is 57.1. The first-order valence-corrected chi connectivity index (χ1v) is 20.7. The highest BCUT2D eigenvalue weighted by Gasteiger charge is 2.33. The molecule has 0 aromatic carbocycles. The average Bonchev–Trinajstić information content (AvgIpc) is 3.19. The number of carbonyl (C=O) groups excluding carboxylic acids is 9. The van der Waals surface area contributed by atoms with Crippen LogP contribution >= 0.6 is 0 Å². The number of Topliss-reactive ketones (excluding diaryl/α,β-unsaturated/α-hetero) is 1. The van der Waals surface area contributed by atoms with Crippen LogP contribution in [0.5, 0.6) is 0 Å². The Morgan fingerprint density at radius 1 is 0.500 bits per heavy atom. The Morgan fingerprint density at radius 3 is 1.34 bits per heavy atom. The molecule has 26 nitrogen and oxygen atoms in total. The maximum absolute atomic E-state index is 13.8. The molecule has 0 saturated heterocycles. The van der Waals surface area contributed by atoms with Gasteiger partial charge in [-0.15, -0.1) is 0 Å². The van der Waals surface area contributed by atoms with E-state index < -0.39 is 127 Å². The van der Waals surface area contributed by atoms with Gasteiger partial charge in [-0.05, 0) is 51.4 Å². The van der Waals surface area contributed by atoms with Crippen LogP contribution in [0, 0.1) is 5.41 Å². The fourth-order valence-corrected chi connectivity index (χ4v) is 5.92. The highest BCUT2D eigenvalue weighted by Crippen LogP contribution is 2.11. The number of guanidine groups is 1. The van der Waals surface area contributed by atoms with E-state index in [1.807, 2.05) is 0 Å². The van der Waals surface area contributed by atoms with Crippen molar-refractivity contribution in [2.24, 2.45) is 33.7 Å². The molecule has 360 valence electrons. The minimum Gasteiger partial charge on any atom is -0.481 e. The number of ketones is 1. The molecule has 0 bridgehead atoms. The van der Waals surface area contributed by atoms with Crippen molar-refractivity contribution in [1.82, 2.24) is 31.9 Å². The van der Waals surface area contributed by atoms with Gasteiger partial charge in [0.15, 0.2) is 5.96 Å². The highest BCUT2D eigenvalue weighted by molar-refractivity contribution is 5.97. The number of carboxylic acids is 2. The smallest absolute Gasteiger partial charge is 0.303 e. The molecule has 6 unspecified atom stereocenters. The van der Waals surface area contributed by atoms with Gasteiger partial charge in [0.05, 0.1) is 12.3 Å². The SMILES string of the molecule is CCCC(NC(=O)C(CCC(=O)O)NC(=O)C(CCC(=O)CCC(=O)O)NC(C)=O)C(=O)NC(CCC(N)=O)C(=O)NC(CCCCC(=N)N)C(=O)NC(CCCN=C(N)N)C(N)=O. The molecule has 19 N–H and O–H groups in total. The van der Waals surface area contributed by atoms with Gasteiger partial charge in [-0.1, -0.05) is 19.8 Å². The Morgan fingerprint density at radius 2 is 0.922 bits per heavy atom. The number of hydrogen-bond donors (Lipinski definition) is 14. The van der Waals surface area contributed by atoms with E-state index in [0.717, 1.165) is 6.92 Å². The van der Waals surface area contributed by atoms with Crippen molar-refractivity contribution >= 4 is 76.8 Å². The number of carbonyl (C=O) groups is 11. The van der Waals surface area contributed by atoms with Gasteiger partial charge in [-0.25, -0.2) is 0 Å². The Hall–Kier alpha value is -6.89. The second-order valence-corrected chi connectivity index (χ2v) is 14.9. The van der Waals surface area contributed by atoms with E-state index in [1.54, 1.807) is 6.92 Å². The zero-order chi connectivity index (χ0) is 48.9. The van der Waals surface area contributed by atoms with Gasteiger partial charge in [0.2, 0.25) is 47.3 Å². The molecule has 0 aliphatic heterocycles. The van der Waals surface area contributed by atoms with E-state index in [1.165, 1.54) is 0 Å². The zero-order valence-corrected chi connectivity index (χ0v) is 36.2. The van der Waals surface area contributed by atoms with Crippen molar-refractivity contribution in [3.05, 3.63) is 0 Å². The quantitative estimate of drug-likeness (QED) is 0.0164. The number of nitrogens with one attached hydrogen (secondary N) is 7. The molecule has 0 aliphatic carbocycles. The summed E-state index contributed by atoms with van der Waals surface area (Å²) in [6, 6.07) is -8.54. The van der Waals surface area contributed by atoms with Crippen molar-refractivity contribution in [2.45, 2.75) is 153 Å². The summed E-state index contributed by atoms with van der Waals surface area (Å²) in [6.45, 7) is 2.85. The van der Waals surface area contributed by atoms with Gasteiger partial charge in [-0.3, -0.25) is 63.1 Å². The Labute approximate surface area is 369 Å². The molecule has 0 radical (unpaired) electrons. The molecular weight excluding hydrogens is 846 g/mol. The minimum atomic E-state index is -1.61. The Bertz CT molecular complexity index is 1700. The van der Waals surface area contributed by atoms with Crippen LogP contribution in [0.15, 0.2) is 4.99 Å². The third kappa shape index (κ3) is 26.4. The third-order valence-electron chi connectivity index (χ3n) is 9.25. The predicted molar refractivity (Wildman–Crippen MR) is 228 cm³/mol. The van der Waals surface area contributed by atoms with E-state index in [9.17, 15) is 57.8 Å². The number of aliphatic imine (C=N–C) groups is 1. The van der Waals surface area contributed by atoms with Gasteiger partial charge in [-0.2, -0.15) is 0 Å². The van der Waals surface area contributed by atoms with Crippen molar-refractivity contribution < 1.29 is 63.0 Å². The van der Waals surface area contributed by atoms with Crippen molar-refractivity contribution in [2.75, 3.05) is 6.54 Å². The molecule has 0 aromatic heterocycles. The summed E-state index contributed by atoms with van der Waals surface area (Å²) >= 11 is 0. The summed E-state index contributed by atoms with van der Waals surface area (Å²) in [5.41, 5.74) is 27.0. The summed E-state index contributed by atoms with van der Waals surface area (Å²) in [5.74, 6) is -10.6. The molecule has 0 spiro atoms. The van der Waals surface area contributed by atoms with Gasteiger partial charge < -0.3 is 70.8 Å². The molecule has 6 atom stereocenters. The molecule has 0 rings (SSSR count). The van der Waals surface area contributed by atoms with E-state index in [4.69, 9.17) is 39.2 Å². The molecule has 0 aromatic rings. The summed E-state index contributed by atoms with van der Waals surface area (Å²) < 4.78 is 0. The number of hydrogen-bond acceptors (Lipinski definition) is 13. The predicted octanol–water partition coefficient (Wildman–Crippen LogP) is -3.91. The van der Waals surface area contributed by atoms with Crippen molar-refractivity contribution in [1.29, 1.82) is 5.41 Å². The van der Waals surface area contributed by atoms with Gasteiger partial charge in [0, 0.05) is 45.6 Å². The molecule has 0 heterocycles. The van der Waals surface area contributed by atoms with Crippen LogP contribution in [-0.2, 0) is 52.7 Å². The standard InChI is InChI=1S/C38H65N13O13/c1-3-7-23(48-37(64)27(15-18-31(57)58)51-35(62)25(46-20(2)52)13-11-21(53)12-17-30(55)56)33(60)50-26(14-16-29(41)54)36(63)49-24(8-4-5-10-28(39)40)34(61)47-22(32(42)59)9-6-19-45-38(43)44/h22-27H,3-19H2,1-2H3,(H3,39,40)(H2,41,54)(H2,42,59)(H,46,52)(H,47,61)(H,48,64)(H,49,63)(H,50,60)(H,51,62)(H,55,56)(H,57,58)(H4,43,44,45). The number of nitrogens with zero attached hydrogens (tertiary/aromatic N) is 1. The topological polar surface area (TPSA) is 467 Å². The molecule has 26 heteroatoms. The Kier molecular flexibility index (Phi) is 27.7. The fourth-order valence-electron chi connectivity index (χ4n) is 5.92. The number of amides is 8. The monoisotopic (exact) mass is 911 g/mol. The molecule has 0 fully saturated rings. The number of rotatable bonds is 35. The van der Waals surface area contributed by atoms with Crippen LogP contribution < -0.4 is 60.6 Å². The summed E-state index contributed by atoms with van der Waals surface area (Å²) in [5, 5.41) is 40.3. The van der Waals surface area contributed by atoms with Crippen LogP contribution in [-0.4, -0.2) is 130 Å². The van der Waals surface area contributed by atoms with Crippen molar-refractivity contribution in [3.8, 4) is 0 Å².